The number of amides is 4. The number of barbiturate groups is 1. The van der Waals surface area contributed by atoms with E-state index in [1.165, 1.54) is 30.3 Å². The van der Waals surface area contributed by atoms with Crippen molar-refractivity contribution in [2.75, 3.05) is 25.5 Å². The number of fused-ring (bicyclic) bond motifs is 4. The Bertz CT molecular complexity index is 1520. The first-order valence-electron chi connectivity index (χ1n) is 12.0. The predicted molar refractivity (Wildman–Crippen MR) is 139 cm³/mol. The Morgan fingerprint density at radius 3 is 2.35 bits per heavy atom. The van der Waals surface area contributed by atoms with E-state index < -0.39 is 28.8 Å². The fourth-order valence-electron chi connectivity index (χ4n) is 5.97. The second-order valence-corrected chi connectivity index (χ2v) is 10.3. The van der Waals surface area contributed by atoms with E-state index in [0.29, 0.717) is 24.4 Å². The lowest BCUT2D eigenvalue weighted by Gasteiger charge is -2.50. The number of rotatable bonds is 2. The molecule has 1 N–H and O–H groups in total. The third kappa shape index (κ3) is 3.31. The van der Waals surface area contributed by atoms with E-state index in [4.69, 9.17) is 12.2 Å². The molecule has 5 rings (SSSR count). The fraction of sp³-hybridized carbons (Fsp3) is 0.440. The molecule has 0 aliphatic carbocycles. The van der Waals surface area contributed by atoms with Crippen LogP contribution in [-0.4, -0.2) is 74.3 Å². The number of nitrogens with zero attached hydrogens (tertiary/aromatic N) is 6. The van der Waals surface area contributed by atoms with Crippen molar-refractivity contribution in [3.05, 3.63) is 44.5 Å². The molecule has 0 radical (unpaired) electrons. The van der Waals surface area contributed by atoms with Gasteiger partial charge in [-0.3, -0.25) is 38.3 Å². The normalized spacial score (nSPS) is 21.1. The highest BCUT2D eigenvalue weighted by molar-refractivity contribution is 7.71. The van der Waals surface area contributed by atoms with Gasteiger partial charge >= 0.3 is 6.03 Å². The summed E-state index contributed by atoms with van der Waals surface area (Å²) in [5.41, 5.74) is 0.646. The zero-order valence-corrected chi connectivity index (χ0v) is 22.1. The van der Waals surface area contributed by atoms with Gasteiger partial charge in [0.2, 0.25) is 17.7 Å². The standard InChI is InChI=1S/C25H28N6O5S/c1-13(18-19(32)27(2)24(37)28(3)20(18)33)26-15-8-9-16-14(11-15)12-25(17-7-6-10-31(16)17)21(34)29(4)23(36)30(5)22(25)35/h8-9,11,17,32H,6-7,10,12H2,1-5H3. The monoisotopic (exact) mass is 524 g/mol. The van der Waals surface area contributed by atoms with E-state index >= 15 is 0 Å². The molecule has 1 atom stereocenters. The Kier molecular flexibility index (Phi) is 5.63. The molecule has 2 fully saturated rings. The maximum atomic E-state index is 13.6. The van der Waals surface area contributed by atoms with Gasteiger partial charge in [0.15, 0.2) is 10.2 Å². The van der Waals surface area contributed by atoms with E-state index in [1.54, 1.807) is 20.0 Å². The van der Waals surface area contributed by atoms with Crippen LogP contribution in [0, 0.1) is 10.2 Å². The molecular formula is C25H28N6O5S. The zero-order valence-electron chi connectivity index (χ0n) is 21.3. The first kappa shape index (κ1) is 24.9. The summed E-state index contributed by atoms with van der Waals surface area (Å²) in [7, 11) is 5.92. The van der Waals surface area contributed by atoms with E-state index in [9.17, 15) is 24.3 Å². The minimum Gasteiger partial charge on any atom is -0.494 e. The van der Waals surface area contributed by atoms with Crippen LogP contribution in [0.4, 0.5) is 16.2 Å². The van der Waals surface area contributed by atoms with Crippen LogP contribution < -0.4 is 10.5 Å². The molecule has 1 unspecified atom stereocenters. The maximum absolute atomic E-state index is 13.6. The van der Waals surface area contributed by atoms with Crippen LogP contribution in [0.2, 0.25) is 0 Å². The quantitative estimate of drug-likeness (QED) is 0.362. The minimum atomic E-state index is -1.40. The highest BCUT2D eigenvalue weighted by Gasteiger charge is 2.63. The van der Waals surface area contributed by atoms with Crippen LogP contribution >= 0.6 is 12.2 Å². The lowest BCUT2D eigenvalue weighted by Crippen LogP contribution is -2.70. The highest BCUT2D eigenvalue weighted by atomic mass is 32.1. The topological polar surface area (TPSA) is 120 Å². The third-order valence-electron chi connectivity index (χ3n) is 7.90. The average Bonchev–Trinajstić information content (AvgIpc) is 3.38. The summed E-state index contributed by atoms with van der Waals surface area (Å²) in [6.07, 6.45) is 1.63. The third-order valence-corrected chi connectivity index (χ3v) is 8.45. The molecule has 0 bridgehead atoms. The zero-order chi connectivity index (χ0) is 27.0. The molecule has 1 aromatic carbocycles. The molecule has 3 aliphatic heterocycles. The number of imide groups is 2. The molecule has 11 nitrogen and oxygen atoms in total. The van der Waals surface area contributed by atoms with Gasteiger partial charge in [-0.15, -0.1) is 0 Å². The fourth-order valence-corrected chi connectivity index (χ4v) is 6.14. The smallest absolute Gasteiger partial charge is 0.332 e. The van der Waals surface area contributed by atoms with Gasteiger partial charge < -0.3 is 10.0 Å². The number of hydrogen-bond donors (Lipinski definition) is 1. The Labute approximate surface area is 218 Å². The molecule has 4 amide bonds. The van der Waals surface area contributed by atoms with Gasteiger partial charge in [0.25, 0.3) is 5.56 Å². The summed E-state index contributed by atoms with van der Waals surface area (Å²) in [6, 6.07) is 4.54. The van der Waals surface area contributed by atoms with Gasteiger partial charge in [0, 0.05) is 40.4 Å². The second-order valence-electron chi connectivity index (χ2n) is 9.93. The molecule has 1 aromatic heterocycles. The molecule has 1 spiro atoms. The van der Waals surface area contributed by atoms with Gasteiger partial charge in [0.05, 0.1) is 17.4 Å². The maximum Gasteiger partial charge on any atom is 0.332 e. The van der Waals surface area contributed by atoms with Crippen molar-refractivity contribution < 1.29 is 19.5 Å². The van der Waals surface area contributed by atoms with Crippen LogP contribution in [0.5, 0.6) is 5.88 Å². The van der Waals surface area contributed by atoms with E-state index in [1.807, 2.05) is 12.1 Å². The van der Waals surface area contributed by atoms with Crippen molar-refractivity contribution in [1.29, 1.82) is 0 Å². The van der Waals surface area contributed by atoms with E-state index in [0.717, 1.165) is 27.5 Å². The summed E-state index contributed by atoms with van der Waals surface area (Å²) in [5.74, 6) is -1.25. The second kappa shape index (κ2) is 8.37. The lowest BCUT2D eigenvalue weighted by molar-refractivity contribution is -0.159. The van der Waals surface area contributed by atoms with Crippen LogP contribution in [0.25, 0.3) is 0 Å². The molecule has 194 valence electrons. The van der Waals surface area contributed by atoms with Gasteiger partial charge in [-0.05, 0) is 62.2 Å². The number of anilines is 1. The summed E-state index contributed by atoms with van der Waals surface area (Å²) in [5, 5.41) is 10.6. The molecule has 12 heteroatoms. The van der Waals surface area contributed by atoms with Crippen molar-refractivity contribution >= 4 is 47.1 Å². The Morgan fingerprint density at radius 2 is 1.70 bits per heavy atom. The highest BCUT2D eigenvalue weighted by Crippen LogP contribution is 2.49. The van der Waals surface area contributed by atoms with E-state index in [-0.39, 0.29) is 28.7 Å². The Hall–Kier alpha value is -3.80. The van der Waals surface area contributed by atoms with Gasteiger partial charge in [-0.25, -0.2) is 4.79 Å². The van der Waals surface area contributed by atoms with Gasteiger partial charge in [-0.2, -0.15) is 0 Å². The molecular weight excluding hydrogens is 496 g/mol. The number of carbonyl (C=O) groups excluding carboxylic acids is 3. The molecule has 2 aromatic rings. The summed E-state index contributed by atoms with van der Waals surface area (Å²) in [4.78, 5) is 61.2. The average molecular weight is 525 g/mol. The van der Waals surface area contributed by atoms with E-state index in [2.05, 4.69) is 9.89 Å². The predicted octanol–water partition coefficient (Wildman–Crippen LogP) is 1.86. The van der Waals surface area contributed by atoms with Crippen molar-refractivity contribution in [2.45, 2.75) is 32.2 Å². The Balaban J connectivity index is 1.62. The molecule has 4 heterocycles. The molecule has 3 aliphatic rings. The summed E-state index contributed by atoms with van der Waals surface area (Å²) in [6.45, 7) is 2.32. The molecule has 0 saturated carbocycles. The van der Waals surface area contributed by atoms with Gasteiger partial charge in [0.1, 0.15) is 5.56 Å². The lowest BCUT2D eigenvalue weighted by atomic mass is 9.68. The SMILES string of the molecule is CC(=Nc1ccc2c(c1)CC1(C(=O)N(C)C(=O)N(C)C1=O)C1CCCN21)c1c(O)n(C)c(=S)n(C)c1=O. The van der Waals surface area contributed by atoms with Crippen LogP contribution in [0.1, 0.15) is 30.9 Å². The van der Waals surface area contributed by atoms with Crippen molar-refractivity contribution in [1.82, 2.24) is 18.9 Å². The largest absolute Gasteiger partial charge is 0.494 e. The minimum absolute atomic E-state index is 0.0341. The van der Waals surface area contributed by atoms with Crippen LogP contribution in [0.3, 0.4) is 0 Å². The van der Waals surface area contributed by atoms with Crippen molar-refractivity contribution in [3.63, 3.8) is 0 Å². The van der Waals surface area contributed by atoms with Crippen LogP contribution in [0.15, 0.2) is 28.0 Å². The molecule has 2 saturated heterocycles. The number of benzene rings is 1. The molecule has 37 heavy (non-hydrogen) atoms. The number of aromatic hydroxyl groups is 1. The number of aromatic nitrogens is 2. The number of carbonyl (C=O) groups is 3. The van der Waals surface area contributed by atoms with Crippen molar-refractivity contribution in [3.8, 4) is 5.88 Å². The first-order chi connectivity index (χ1) is 17.4. The number of aliphatic imine (C=N–C) groups is 1. The van der Waals surface area contributed by atoms with Crippen molar-refractivity contribution in [2.24, 2.45) is 24.5 Å². The first-order valence-corrected chi connectivity index (χ1v) is 12.4. The van der Waals surface area contributed by atoms with Gasteiger partial charge in [-0.1, -0.05) is 0 Å². The Morgan fingerprint density at radius 1 is 1.05 bits per heavy atom. The number of hydrogen-bond acceptors (Lipinski definition) is 8. The summed E-state index contributed by atoms with van der Waals surface area (Å²) >= 11 is 5.19. The summed E-state index contributed by atoms with van der Waals surface area (Å²) < 4.78 is 2.78. The van der Waals surface area contributed by atoms with Crippen LogP contribution in [-0.2, 0) is 30.1 Å². The number of urea groups is 1.